The van der Waals surface area contributed by atoms with Crippen molar-refractivity contribution in [3.63, 3.8) is 0 Å². The molecule has 4 aromatic rings. The maximum Gasteiger partial charge on any atom is 0.365 e. The number of anilines is 1. The lowest BCUT2D eigenvalue weighted by Gasteiger charge is -2.27. The van der Waals surface area contributed by atoms with Gasteiger partial charge in [-0.2, -0.15) is 4.68 Å². The van der Waals surface area contributed by atoms with E-state index in [1.165, 1.54) is 24.3 Å². The van der Waals surface area contributed by atoms with E-state index < -0.39 is 11.6 Å². The summed E-state index contributed by atoms with van der Waals surface area (Å²) in [6.45, 7) is 0.862. The maximum atomic E-state index is 13.4. The van der Waals surface area contributed by atoms with Crippen LogP contribution in [0.5, 0.6) is 5.75 Å². The number of nitrogens with zero attached hydrogens (tertiary/aromatic N) is 3. The van der Waals surface area contributed by atoms with E-state index in [9.17, 15) is 14.0 Å². The van der Waals surface area contributed by atoms with Crippen molar-refractivity contribution in [3.05, 3.63) is 75.4 Å². The number of hydrogen-bond donors (Lipinski definition) is 2. The van der Waals surface area contributed by atoms with Crippen LogP contribution in [0.4, 0.5) is 10.1 Å². The van der Waals surface area contributed by atoms with Gasteiger partial charge in [-0.15, -0.1) is 0 Å². The minimum Gasteiger partial charge on any atom is -0.484 e. The van der Waals surface area contributed by atoms with E-state index in [1.807, 2.05) is 0 Å². The Morgan fingerprint density at radius 2 is 1.97 bits per heavy atom. The molecule has 11 heteroatoms. The second kappa shape index (κ2) is 8.06. The molecule has 5 rings (SSSR count). The highest BCUT2D eigenvalue weighted by molar-refractivity contribution is 6.32. The number of H-pyrrole nitrogens is 1. The molecule has 0 radical (unpaired) electrons. The summed E-state index contributed by atoms with van der Waals surface area (Å²) < 4.78 is 25.3. The number of aromatic amines is 1. The number of carbonyl (C=O) groups excluding carboxylic acids is 1. The van der Waals surface area contributed by atoms with Crippen molar-refractivity contribution in [2.24, 2.45) is 0 Å². The first kappa shape index (κ1) is 20.2. The predicted octanol–water partition coefficient (Wildman–Crippen LogP) is 2.93. The molecule has 1 aliphatic rings. The van der Waals surface area contributed by atoms with Crippen LogP contribution in [-0.4, -0.2) is 45.4 Å². The van der Waals surface area contributed by atoms with E-state index >= 15 is 0 Å². The van der Waals surface area contributed by atoms with E-state index in [-0.39, 0.29) is 28.3 Å². The van der Waals surface area contributed by atoms with Crippen LogP contribution in [0.25, 0.3) is 16.5 Å². The zero-order valence-corrected chi connectivity index (χ0v) is 17.1. The number of fused-ring (bicyclic) bond motifs is 1. The van der Waals surface area contributed by atoms with Crippen LogP contribution < -0.4 is 15.7 Å². The summed E-state index contributed by atoms with van der Waals surface area (Å²) in [6.07, 6.45) is -0.155. The first-order valence-electron chi connectivity index (χ1n) is 9.57. The monoisotopic (exact) mass is 455 g/mol. The van der Waals surface area contributed by atoms with E-state index in [1.54, 1.807) is 24.3 Å². The lowest BCUT2D eigenvalue weighted by Crippen LogP contribution is -2.38. The van der Waals surface area contributed by atoms with Gasteiger partial charge in [0, 0.05) is 11.6 Å². The Labute approximate surface area is 184 Å². The fraction of sp³-hybridized carbons (Fsp3) is 0.143. The minimum absolute atomic E-state index is 0.155. The maximum absolute atomic E-state index is 13.4. The summed E-state index contributed by atoms with van der Waals surface area (Å²) in [5, 5.41) is 13.8. The van der Waals surface area contributed by atoms with E-state index in [2.05, 4.69) is 20.8 Å². The molecule has 0 bridgehead atoms. The average Bonchev–Trinajstić information content (AvgIpc) is 3.17. The molecular weight excluding hydrogens is 441 g/mol. The van der Waals surface area contributed by atoms with E-state index in [4.69, 9.17) is 21.1 Å². The van der Waals surface area contributed by atoms with Crippen LogP contribution in [0.3, 0.4) is 0 Å². The highest BCUT2D eigenvalue weighted by Gasteiger charge is 2.23. The Morgan fingerprint density at radius 1 is 1.19 bits per heavy atom. The summed E-state index contributed by atoms with van der Waals surface area (Å²) in [7, 11) is 0. The van der Waals surface area contributed by atoms with Gasteiger partial charge in [-0.1, -0.05) is 23.7 Å². The number of rotatable bonds is 5. The number of tetrazole rings is 1. The van der Waals surface area contributed by atoms with Gasteiger partial charge in [0.15, 0.2) is 0 Å². The molecule has 2 N–H and O–H groups in total. The molecule has 1 aliphatic heterocycles. The second-order valence-corrected chi connectivity index (χ2v) is 7.56. The van der Waals surface area contributed by atoms with Crippen molar-refractivity contribution in [1.82, 2.24) is 20.2 Å². The Morgan fingerprint density at radius 3 is 2.69 bits per heavy atom. The highest BCUT2D eigenvalue weighted by Crippen LogP contribution is 2.34. The quantitative estimate of drug-likeness (QED) is 0.478. The largest absolute Gasteiger partial charge is 0.484 e. The molecule has 32 heavy (non-hydrogen) atoms. The van der Waals surface area contributed by atoms with Gasteiger partial charge in [-0.05, 0) is 51.5 Å². The molecule has 1 saturated heterocycles. The number of benzene rings is 3. The summed E-state index contributed by atoms with van der Waals surface area (Å²) in [6, 6.07) is 12.2. The third-order valence-corrected chi connectivity index (χ3v) is 5.26. The molecule has 0 atom stereocenters. The molecule has 0 spiro atoms. The van der Waals surface area contributed by atoms with Gasteiger partial charge in [-0.3, -0.25) is 4.79 Å². The molecule has 3 aromatic carbocycles. The van der Waals surface area contributed by atoms with Crippen molar-refractivity contribution in [2.75, 3.05) is 18.5 Å². The van der Waals surface area contributed by atoms with Gasteiger partial charge >= 0.3 is 5.69 Å². The third-order valence-electron chi connectivity index (χ3n) is 4.96. The summed E-state index contributed by atoms with van der Waals surface area (Å²) >= 11 is 6.34. The number of nitrogens with one attached hydrogen (secondary N) is 2. The van der Waals surface area contributed by atoms with Crippen molar-refractivity contribution in [1.29, 1.82) is 0 Å². The Balaban J connectivity index is 1.52. The Hall–Kier alpha value is -3.76. The van der Waals surface area contributed by atoms with Crippen LogP contribution in [0, 0.1) is 5.82 Å². The predicted molar refractivity (Wildman–Crippen MR) is 114 cm³/mol. The lowest BCUT2D eigenvalue weighted by molar-refractivity contribution is -0.0796. The lowest BCUT2D eigenvalue weighted by atomic mass is 10.1. The second-order valence-electron chi connectivity index (χ2n) is 7.16. The van der Waals surface area contributed by atoms with Crippen LogP contribution in [0.1, 0.15) is 10.4 Å². The van der Waals surface area contributed by atoms with Crippen LogP contribution in [-0.2, 0) is 4.74 Å². The van der Waals surface area contributed by atoms with Crippen LogP contribution in [0.15, 0.2) is 53.3 Å². The third kappa shape index (κ3) is 3.81. The van der Waals surface area contributed by atoms with Crippen molar-refractivity contribution < 1.29 is 18.7 Å². The van der Waals surface area contributed by atoms with Gasteiger partial charge < -0.3 is 14.8 Å². The van der Waals surface area contributed by atoms with Crippen molar-refractivity contribution >= 4 is 34.0 Å². The fourth-order valence-corrected chi connectivity index (χ4v) is 3.48. The molecule has 2 heterocycles. The first-order valence-corrected chi connectivity index (χ1v) is 9.95. The zero-order valence-electron chi connectivity index (χ0n) is 16.3. The highest BCUT2D eigenvalue weighted by atomic mass is 35.5. The van der Waals surface area contributed by atoms with Gasteiger partial charge in [0.25, 0.3) is 5.91 Å². The summed E-state index contributed by atoms with van der Waals surface area (Å²) in [5.41, 5.74) is 0.185. The molecule has 162 valence electrons. The fourth-order valence-electron chi connectivity index (χ4n) is 3.28. The molecule has 0 unspecified atom stereocenters. The molecule has 1 fully saturated rings. The van der Waals surface area contributed by atoms with Crippen LogP contribution in [0.2, 0.25) is 5.02 Å². The molecule has 1 aromatic heterocycles. The van der Waals surface area contributed by atoms with Gasteiger partial charge in [0.2, 0.25) is 0 Å². The smallest absolute Gasteiger partial charge is 0.365 e. The average molecular weight is 456 g/mol. The SMILES string of the molecule is O=C(Nc1cc(OC2COC2)c(Cl)cc1-n1nn[nH]c1=O)c1ccc2cc(F)ccc2c1. The van der Waals surface area contributed by atoms with E-state index in [0.29, 0.717) is 35.3 Å². The molecule has 1 amide bonds. The first-order chi connectivity index (χ1) is 15.5. The number of ether oxygens (including phenoxy) is 2. The molecule has 0 aliphatic carbocycles. The van der Waals surface area contributed by atoms with Gasteiger partial charge in [0.05, 0.1) is 29.6 Å². The zero-order chi connectivity index (χ0) is 22.2. The number of aromatic nitrogens is 4. The van der Waals surface area contributed by atoms with Gasteiger partial charge in [0.1, 0.15) is 17.7 Å². The topological polar surface area (TPSA) is 111 Å². The number of amides is 1. The summed E-state index contributed by atoms with van der Waals surface area (Å²) in [4.78, 5) is 25.1. The Bertz CT molecular complexity index is 1400. The summed E-state index contributed by atoms with van der Waals surface area (Å²) in [5.74, 6) is -0.484. The standard InChI is InChI=1S/C21H15ClFN5O4/c22-16-7-18(28-21(30)25-26-27-28)17(8-19(16)32-15-9-31-10-15)24-20(29)13-2-1-12-6-14(23)4-3-11(12)5-13/h1-8,15H,9-10H2,(H,24,29)(H,25,27,30). The van der Waals surface area contributed by atoms with Crippen molar-refractivity contribution in [2.45, 2.75) is 6.10 Å². The minimum atomic E-state index is -0.606. The number of carbonyl (C=O) groups is 1. The normalized spacial score (nSPS) is 13.7. The van der Waals surface area contributed by atoms with Crippen LogP contribution >= 0.6 is 11.6 Å². The van der Waals surface area contributed by atoms with Gasteiger partial charge in [-0.25, -0.2) is 14.3 Å². The van der Waals surface area contributed by atoms with E-state index in [0.717, 1.165) is 4.68 Å². The number of halogens is 2. The molecule has 9 nitrogen and oxygen atoms in total. The Kier molecular flexibility index (Phi) is 5.08. The van der Waals surface area contributed by atoms with Crippen molar-refractivity contribution in [3.8, 4) is 11.4 Å². The molecule has 0 saturated carbocycles. The molecular formula is C21H15ClFN5O4. The number of hydrogen-bond acceptors (Lipinski definition) is 6.